The van der Waals surface area contributed by atoms with E-state index in [9.17, 15) is 22.4 Å². The molecule has 4 nitrogen and oxygen atoms in total. The molecule has 0 atom stereocenters. The van der Waals surface area contributed by atoms with Crippen LogP contribution >= 0.6 is 0 Å². The van der Waals surface area contributed by atoms with E-state index in [1.165, 1.54) is 0 Å². The van der Waals surface area contributed by atoms with Gasteiger partial charge >= 0.3 is 12.1 Å². The smallest absolute Gasteiger partial charge is 0.405 e. The molecule has 0 aromatic carbocycles. The minimum atomic E-state index is -4.50. The van der Waals surface area contributed by atoms with Crippen molar-refractivity contribution in [3.8, 4) is 0 Å². The second-order valence-corrected chi connectivity index (χ2v) is 3.87. The predicted octanol–water partition coefficient (Wildman–Crippen LogP) is 2.70. The van der Waals surface area contributed by atoms with Crippen molar-refractivity contribution in [2.75, 3.05) is 18.0 Å². The van der Waals surface area contributed by atoms with Crippen molar-refractivity contribution in [1.29, 1.82) is 0 Å². The van der Waals surface area contributed by atoms with Gasteiger partial charge in [0.25, 0.3) is 0 Å². The van der Waals surface area contributed by atoms with E-state index in [1.54, 1.807) is 6.92 Å². The Hall–Kier alpha value is -1.86. The molecule has 8 heteroatoms. The van der Waals surface area contributed by atoms with Gasteiger partial charge in [-0.1, -0.05) is 6.92 Å². The van der Waals surface area contributed by atoms with Crippen LogP contribution in [0.25, 0.3) is 0 Å². The lowest BCUT2D eigenvalue weighted by atomic mass is 10.2. The maximum Gasteiger partial charge on any atom is 0.405 e. The standard InChI is InChI=1S/C11H12F4N2O2/c1-2-3-17(6-11(13,14)15)9-8(10(18)19)4-7(12)5-16-9/h4-5H,2-3,6H2,1H3,(H,18,19). The molecule has 1 N–H and O–H groups in total. The number of pyridine rings is 1. The third-order valence-electron chi connectivity index (χ3n) is 2.23. The summed E-state index contributed by atoms with van der Waals surface area (Å²) in [4.78, 5) is 15.2. The number of carboxylic acid groups (broad SMARTS) is 1. The molecule has 106 valence electrons. The molecule has 1 aromatic rings. The Morgan fingerprint density at radius 1 is 1.47 bits per heavy atom. The number of hydrogen-bond donors (Lipinski definition) is 1. The number of anilines is 1. The van der Waals surface area contributed by atoms with Gasteiger partial charge < -0.3 is 10.0 Å². The maximum absolute atomic E-state index is 12.9. The first-order valence-electron chi connectivity index (χ1n) is 5.45. The Morgan fingerprint density at radius 2 is 2.11 bits per heavy atom. The minimum Gasteiger partial charge on any atom is -0.478 e. The summed E-state index contributed by atoms with van der Waals surface area (Å²) in [6, 6.07) is 0.656. The van der Waals surface area contributed by atoms with Crippen LogP contribution in [-0.4, -0.2) is 35.3 Å². The third-order valence-corrected chi connectivity index (χ3v) is 2.23. The number of hydrogen-bond acceptors (Lipinski definition) is 3. The van der Waals surface area contributed by atoms with E-state index < -0.39 is 30.1 Å². The van der Waals surface area contributed by atoms with Gasteiger partial charge in [0.1, 0.15) is 23.7 Å². The van der Waals surface area contributed by atoms with Gasteiger partial charge in [-0.15, -0.1) is 0 Å². The first-order valence-corrected chi connectivity index (χ1v) is 5.45. The number of alkyl halides is 3. The van der Waals surface area contributed by atoms with Crippen molar-refractivity contribution >= 4 is 11.8 Å². The van der Waals surface area contributed by atoms with Gasteiger partial charge in [0.2, 0.25) is 0 Å². The fourth-order valence-corrected chi connectivity index (χ4v) is 1.59. The van der Waals surface area contributed by atoms with Crippen LogP contribution in [0.5, 0.6) is 0 Å². The van der Waals surface area contributed by atoms with E-state index in [1.807, 2.05) is 0 Å². The predicted molar refractivity (Wildman–Crippen MR) is 59.7 cm³/mol. The fraction of sp³-hybridized carbons (Fsp3) is 0.455. The number of carbonyl (C=O) groups is 1. The highest BCUT2D eigenvalue weighted by molar-refractivity contribution is 5.93. The van der Waals surface area contributed by atoms with Crippen molar-refractivity contribution in [3.63, 3.8) is 0 Å². The van der Waals surface area contributed by atoms with Crippen LogP contribution in [0, 0.1) is 5.82 Å². The summed E-state index contributed by atoms with van der Waals surface area (Å²) in [6.45, 7) is 0.283. The summed E-state index contributed by atoms with van der Waals surface area (Å²) in [5.41, 5.74) is -0.585. The highest BCUT2D eigenvalue weighted by Gasteiger charge is 2.32. The molecule has 0 amide bonds. The average molecular weight is 280 g/mol. The Morgan fingerprint density at radius 3 is 2.58 bits per heavy atom. The summed E-state index contributed by atoms with van der Waals surface area (Å²) in [5, 5.41) is 8.89. The molecule has 0 radical (unpaired) electrons. The van der Waals surface area contributed by atoms with Crippen LogP contribution in [0.15, 0.2) is 12.3 Å². The first kappa shape index (κ1) is 15.2. The minimum absolute atomic E-state index is 0.0293. The van der Waals surface area contributed by atoms with E-state index in [0.717, 1.165) is 4.90 Å². The number of carboxylic acids is 1. The van der Waals surface area contributed by atoms with Crippen molar-refractivity contribution in [2.45, 2.75) is 19.5 Å². The molecule has 0 aliphatic heterocycles. The lowest BCUT2D eigenvalue weighted by Gasteiger charge is -2.25. The molecule has 0 aliphatic rings. The summed E-state index contributed by atoms with van der Waals surface area (Å²) in [6.07, 6.45) is -3.43. The van der Waals surface area contributed by atoms with Gasteiger partial charge in [-0.25, -0.2) is 14.2 Å². The first-order chi connectivity index (χ1) is 8.74. The topological polar surface area (TPSA) is 53.4 Å². The fourth-order valence-electron chi connectivity index (χ4n) is 1.59. The summed E-state index contributed by atoms with van der Waals surface area (Å²) in [7, 11) is 0. The molecule has 0 fully saturated rings. The molecule has 1 aromatic heterocycles. The molecule has 0 saturated carbocycles. The quantitative estimate of drug-likeness (QED) is 0.842. The maximum atomic E-state index is 12.9. The van der Waals surface area contributed by atoms with Crippen LogP contribution in [0.1, 0.15) is 23.7 Å². The van der Waals surface area contributed by atoms with Crippen molar-refractivity contribution in [3.05, 3.63) is 23.6 Å². The van der Waals surface area contributed by atoms with Gasteiger partial charge in [-0.3, -0.25) is 0 Å². The molecule has 19 heavy (non-hydrogen) atoms. The van der Waals surface area contributed by atoms with E-state index in [2.05, 4.69) is 4.98 Å². The molecule has 0 spiro atoms. The largest absolute Gasteiger partial charge is 0.478 e. The average Bonchev–Trinajstić information content (AvgIpc) is 2.26. The van der Waals surface area contributed by atoms with E-state index in [-0.39, 0.29) is 12.4 Å². The SMILES string of the molecule is CCCN(CC(F)(F)F)c1ncc(F)cc1C(=O)O. The normalized spacial score (nSPS) is 11.4. The number of aromatic carboxylic acids is 1. The van der Waals surface area contributed by atoms with E-state index in [0.29, 0.717) is 18.7 Å². The molecule has 1 rings (SSSR count). The monoisotopic (exact) mass is 280 g/mol. The van der Waals surface area contributed by atoms with Crippen LogP contribution in [0.4, 0.5) is 23.4 Å². The molecular formula is C11H12F4N2O2. The van der Waals surface area contributed by atoms with Crippen molar-refractivity contribution in [1.82, 2.24) is 4.98 Å². The van der Waals surface area contributed by atoms with Crippen molar-refractivity contribution in [2.24, 2.45) is 0 Å². The summed E-state index contributed by atoms with van der Waals surface area (Å²) < 4.78 is 50.2. The van der Waals surface area contributed by atoms with E-state index >= 15 is 0 Å². The van der Waals surface area contributed by atoms with Gasteiger partial charge in [0, 0.05) is 6.54 Å². The zero-order valence-corrected chi connectivity index (χ0v) is 10.0. The highest BCUT2D eigenvalue weighted by atomic mass is 19.4. The second kappa shape index (κ2) is 5.85. The summed E-state index contributed by atoms with van der Waals surface area (Å²) >= 11 is 0. The van der Waals surface area contributed by atoms with Gasteiger partial charge in [-0.2, -0.15) is 13.2 Å². The third kappa shape index (κ3) is 4.38. The van der Waals surface area contributed by atoms with Crippen LogP contribution in [0.2, 0.25) is 0 Å². The Balaban J connectivity index is 3.18. The highest BCUT2D eigenvalue weighted by Crippen LogP contribution is 2.24. The number of halogens is 4. The number of nitrogens with zero attached hydrogens (tertiary/aromatic N) is 2. The van der Waals surface area contributed by atoms with Gasteiger partial charge in [-0.05, 0) is 12.5 Å². The Kier molecular flexibility index (Phi) is 4.68. The van der Waals surface area contributed by atoms with Gasteiger partial charge in [0.15, 0.2) is 0 Å². The molecule has 0 saturated heterocycles. The molecule has 0 unspecified atom stereocenters. The summed E-state index contributed by atoms with van der Waals surface area (Å²) in [5.74, 6) is -2.82. The van der Waals surface area contributed by atoms with Crippen molar-refractivity contribution < 1.29 is 27.5 Å². The molecule has 0 aliphatic carbocycles. The van der Waals surface area contributed by atoms with Crippen LogP contribution in [-0.2, 0) is 0 Å². The molecule has 1 heterocycles. The number of aromatic nitrogens is 1. The Labute approximate surface area is 106 Å². The van der Waals surface area contributed by atoms with Gasteiger partial charge in [0.05, 0.1) is 6.20 Å². The Bertz CT molecular complexity index is 462. The lowest BCUT2D eigenvalue weighted by molar-refractivity contribution is -0.119. The molecule has 0 bridgehead atoms. The zero-order valence-electron chi connectivity index (χ0n) is 10.0. The van der Waals surface area contributed by atoms with Crippen LogP contribution in [0.3, 0.4) is 0 Å². The number of rotatable bonds is 5. The second-order valence-electron chi connectivity index (χ2n) is 3.87. The zero-order chi connectivity index (χ0) is 14.6. The lowest BCUT2D eigenvalue weighted by Crippen LogP contribution is -2.36. The van der Waals surface area contributed by atoms with E-state index in [4.69, 9.17) is 5.11 Å². The molecular weight excluding hydrogens is 268 g/mol. The van der Waals surface area contributed by atoms with Crippen LogP contribution < -0.4 is 4.90 Å².